The van der Waals surface area contributed by atoms with Gasteiger partial charge in [0.2, 0.25) is 0 Å². The topological polar surface area (TPSA) is 34.2 Å². The Morgan fingerprint density at radius 1 is 1.53 bits per heavy atom. The standard InChI is InChI=1S/C14H20N2O/c1-4-8-12(6-3)16-14-13(17-11-5-2)9-7-10-15-14/h1,7,9-10,12H,5-6,8,11H2,2-3H3,(H,15,16). The van der Waals surface area contributed by atoms with E-state index in [-0.39, 0.29) is 6.04 Å². The van der Waals surface area contributed by atoms with Crippen LogP contribution in [0.1, 0.15) is 33.1 Å². The summed E-state index contributed by atoms with van der Waals surface area (Å²) >= 11 is 0. The van der Waals surface area contributed by atoms with Crippen molar-refractivity contribution in [2.24, 2.45) is 0 Å². The lowest BCUT2D eigenvalue weighted by molar-refractivity contribution is 0.317. The zero-order chi connectivity index (χ0) is 12.5. The molecule has 0 fully saturated rings. The first-order chi connectivity index (χ1) is 8.31. The third-order valence-corrected chi connectivity index (χ3v) is 2.43. The Kier molecular flexibility index (Phi) is 5.95. The van der Waals surface area contributed by atoms with E-state index in [1.165, 1.54) is 0 Å². The summed E-state index contributed by atoms with van der Waals surface area (Å²) in [4.78, 5) is 4.30. The van der Waals surface area contributed by atoms with E-state index < -0.39 is 0 Å². The van der Waals surface area contributed by atoms with E-state index in [2.05, 4.69) is 30.1 Å². The minimum absolute atomic E-state index is 0.249. The Morgan fingerprint density at radius 2 is 2.35 bits per heavy atom. The molecule has 0 aliphatic carbocycles. The predicted octanol–water partition coefficient (Wildman–Crippen LogP) is 3.08. The number of terminal acetylenes is 1. The summed E-state index contributed by atoms with van der Waals surface area (Å²) < 4.78 is 5.63. The Labute approximate surface area is 104 Å². The van der Waals surface area contributed by atoms with E-state index >= 15 is 0 Å². The molecule has 3 heteroatoms. The molecular formula is C14H20N2O. The van der Waals surface area contributed by atoms with Gasteiger partial charge in [-0.2, -0.15) is 0 Å². The minimum Gasteiger partial charge on any atom is -0.490 e. The molecule has 0 aromatic carbocycles. The molecule has 92 valence electrons. The number of ether oxygens (including phenoxy) is 1. The molecule has 0 aliphatic rings. The number of hydrogen-bond donors (Lipinski definition) is 1. The Bertz CT molecular complexity index is 371. The van der Waals surface area contributed by atoms with E-state index in [9.17, 15) is 0 Å². The maximum absolute atomic E-state index is 5.63. The second-order valence-electron chi connectivity index (χ2n) is 3.86. The summed E-state index contributed by atoms with van der Waals surface area (Å²) in [6.45, 7) is 4.88. The number of pyridine rings is 1. The third kappa shape index (κ3) is 4.36. The summed E-state index contributed by atoms with van der Waals surface area (Å²) in [6, 6.07) is 4.05. The van der Waals surface area contributed by atoms with Gasteiger partial charge in [-0.1, -0.05) is 13.8 Å². The van der Waals surface area contributed by atoms with Gasteiger partial charge in [0.15, 0.2) is 11.6 Å². The first kappa shape index (κ1) is 13.4. The molecule has 17 heavy (non-hydrogen) atoms. The van der Waals surface area contributed by atoms with Crippen molar-refractivity contribution >= 4 is 5.82 Å². The van der Waals surface area contributed by atoms with Crippen molar-refractivity contribution in [2.75, 3.05) is 11.9 Å². The lowest BCUT2D eigenvalue weighted by Gasteiger charge is -2.17. The van der Waals surface area contributed by atoms with Gasteiger partial charge in [0.1, 0.15) is 0 Å². The zero-order valence-corrected chi connectivity index (χ0v) is 10.6. The molecule has 3 nitrogen and oxygen atoms in total. The third-order valence-electron chi connectivity index (χ3n) is 2.43. The molecule has 0 bridgehead atoms. The monoisotopic (exact) mass is 232 g/mol. The van der Waals surface area contributed by atoms with E-state index in [0.29, 0.717) is 13.0 Å². The van der Waals surface area contributed by atoms with Crippen molar-refractivity contribution in [3.8, 4) is 18.1 Å². The lowest BCUT2D eigenvalue weighted by Crippen LogP contribution is -2.19. The quantitative estimate of drug-likeness (QED) is 0.734. The molecule has 1 atom stereocenters. The van der Waals surface area contributed by atoms with Crippen LogP contribution in [0.25, 0.3) is 0 Å². The zero-order valence-electron chi connectivity index (χ0n) is 10.6. The Hall–Kier alpha value is -1.69. The van der Waals surface area contributed by atoms with Gasteiger partial charge in [-0.25, -0.2) is 4.98 Å². The molecule has 1 unspecified atom stereocenters. The van der Waals surface area contributed by atoms with Crippen molar-refractivity contribution in [1.82, 2.24) is 4.98 Å². The number of rotatable bonds is 7. The fourth-order valence-electron chi connectivity index (χ4n) is 1.46. The van der Waals surface area contributed by atoms with Crippen LogP contribution < -0.4 is 10.1 Å². The largest absolute Gasteiger partial charge is 0.490 e. The van der Waals surface area contributed by atoms with Crippen LogP contribution in [-0.4, -0.2) is 17.6 Å². The highest BCUT2D eigenvalue weighted by atomic mass is 16.5. The van der Waals surface area contributed by atoms with Gasteiger partial charge in [0.25, 0.3) is 0 Å². The van der Waals surface area contributed by atoms with Crippen molar-refractivity contribution in [2.45, 2.75) is 39.2 Å². The second kappa shape index (κ2) is 7.56. The average Bonchev–Trinajstić information content (AvgIpc) is 2.37. The maximum atomic E-state index is 5.63. The molecule has 0 aliphatic heterocycles. The SMILES string of the molecule is C#CCC(CC)Nc1ncccc1OCCC. The Balaban J connectivity index is 2.71. The van der Waals surface area contributed by atoms with Crippen LogP contribution in [0.5, 0.6) is 5.75 Å². The van der Waals surface area contributed by atoms with E-state index in [4.69, 9.17) is 11.2 Å². The molecule has 1 N–H and O–H groups in total. The van der Waals surface area contributed by atoms with Crippen LogP contribution in [0.15, 0.2) is 18.3 Å². The average molecular weight is 232 g/mol. The van der Waals surface area contributed by atoms with Crippen LogP contribution in [0.4, 0.5) is 5.82 Å². The molecular weight excluding hydrogens is 212 g/mol. The van der Waals surface area contributed by atoms with Gasteiger partial charge >= 0.3 is 0 Å². The maximum Gasteiger partial charge on any atom is 0.168 e. The lowest BCUT2D eigenvalue weighted by atomic mass is 10.1. The highest BCUT2D eigenvalue weighted by Crippen LogP contribution is 2.22. The highest BCUT2D eigenvalue weighted by Gasteiger charge is 2.09. The molecule has 0 spiro atoms. The number of nitrogens with zero attached hydrogens (tertiary/aromatic N) is 1. The van der Waals surface area contributed by atoms with Gasteiger partial charge in [-0.3, -0.25) is 0 Å². The molecule has 0 saturated carbocycles. The molecule has 1 aromatic heterocycles. The van der Waals surface area contributed by atoms with Crippen molar-refractivity contribution in [1.29, 1.82) is 0 Å². The molecule has 1 aromatic rings. The van der Waals surface area contributed by atoms with Crippen LogP contribution in [-0.2, 0) is 0 Å². The van der Waals surface area contributed by atoms with Crippen molar-refractivity contribution in [3.63, 3.8) is 0 Å². The molecule has 1 heterocycles. The smallest absolute Gasteiger partial charge is 0.168 e. The number of hydrogen-bond acceptors (Lipinski definition) is 3. The van der Waals surface area contributed by atoms with Gasteiger partial charge in [0, 0.05) is 18.7 Å². The molecule has 0 radical (unpaired) electrons. The summed E-state index contributed by atoms with van der Waals surface area (Å²) in [5.41, 5.74) is 0. The van der Waals surface area contributed by atoms with Crippen molar-refractivity contribution < 1.29 is 4.74 Å². The Morgan fingerprint density at radius 3 is 3.00 bits per heavy atom. The van der Waals surface area contributed by atoms with E-state index in [0.717, 1.165) is 24.4 Å². The first-order valence-corrected chi connectivity index (χ1v) is 6.09. The molecule has 0 saturated heterocycles. The van der Waals surface area contributed by atoms with Crippen molar-refractivity contribution in [3.05, 3.63) is 18.3 Å². The van der Waals surface area contributed by atoms with Crippen LogP contribution in [0, 0.1) is 12.3 Å². The summed E-state index contributed by atoms with van der Waals surface area (Å²) in [5, 5.41) is 3.33. The van der Waals surface area contributed by atoms with E-state index in [1.54, 1.807) is 6.20 Å². The fraction of sp³-hybridized carbons (Fsp3) is 0.500. The van der Waals surface area contributed by atoms with Gasteiger partial charge in [-0.15, -0.1) is 12.3 Å². The normalized spacial score (nSPS) is 11.6. The van der Waals surface area contributed by atoms with Gasteiger partial charge in [0.05, 0.1) is 6.61 Å². The number of aromatic nitrogens is 1. The number of anilines is 1. The predicted molar refractivity (Wildman–Crippen MR) is 71.2 cm³/mol. The fourth-order valence-corrected chi connectivity index (χ4v) is 1.46. The summed E-state index contributed by atoms with van der Waals surface area (Å²) in [7, 11) is 0. The molecule has 0 amide bonds. The van der Waals surface area contributed by atoms with E-state index in [1.807, 2.05) is 12.1 Å². The van der Waals surface area contributed by atoms with Crippen LogP contribution in [0.3, 0.4) is 0 Å². The first-order valence-electron chi connectivity index (χ1n) is 6.09. The summed E-state index contributed by atoms with van der Waals surface area (Å²) in [5.74, 6) is 4.25. The highest BCUT2D eigenvalue weighted by molar-refractivity contribution is 5.50. The minimum atomic E-state index is 0.249. The summed E-state index contributed by atoms with van der Waals surface area (Å²) in [6.07, 6.45) is 9.73. The molecule has 1 rings (SSSR count). The van der Waals surface area contributed by atoms with Gasteiger partial charge < -0.3 is 10.1 Å². The number of nitrogens with one attached hydrogen (secondary N) is 1. The van der Waals surface area contributed by atoms with Crippen LogP contribution in [0.2, 0.25) is 0 Å². The second-order valence-corrected chi connectivity index (χ2v) is 3.86. The van der Waals surface area contributed by atoms with Crippen LogP contribution >= 0.6 is 0 Å². The van der Waals surface area contributed by atoms with Gasteiger partial charge in [-0.05, 0) is 25.0 Å².